The maximum absolute atomic E-state index is 6.17. The topological polar surface area (TPSA) is 43.8 Å². The highest BCUT2D eigenvalue weighted by Crippen LogP contribution is 2.23. The van der Waals surface area contributed by atoms with E-state index in [1.807, 2.05) is 14.0 Å². The van der Waals surface area contributed by atoms with Crippen molar-refractivity contribution in [3.05, 3.63) is 16.4 Å². The molecular formula is C11H20ClN3. The molecule has 0 saturated carbocycles. The number of halogens is 1. The predicted molar refractivity (Wildman–Crippen MR) is 64.1 cm³/mol. The standard InChI is InChI=1S/C11H20ClN3/c1-5-10(13)7(2)6-9-8(3)14-15(4)11(9)12/h7,10H,5-6,13H2,1-4H3. The average molecular weight is 230 g/mol. The van der Waals surface area contributed by atoms with Crippen LogP contribution in [0.5, 0.6) is 0 Å². The molecule has 0 fully saturated rings. The van der Waals surface area contributed by atoms with E-state index < -0.39 is 0 Å². The lowest BCUT2D eigenvalue weighted by Gasteiger charge is -2.17. The molecule has 86 valence electrons. The predicted octanol–water partition coefficient (Wildman–Crippen LogP) is 2.30. The van der Waals surface area contributed by atoms with Gasteiger partial charge < -0.3 is 5.73 Å². The Hall–Kier alpha value is -0.540. The molecule has 1 rings (SSSR count). The normalized spacial score (nSPS) is 15.3. The first-order valence-electron chi connectivity index (χ1n) is 5.40. The second kappa shape index (κ2) is 4.99. The molecule has 0 spiro atoms. The largest absolute Gasteiger partial charge is 0.327 e. The maximum atomic E-state index is 6.17. The van der Waals surface area contributed by atoms with Crippen LogP contribution in [0.25, 0.3) is 0 Å². The van der Waals surface area contributed by atoms with Gasteiger partial charge >= 0.3 is 0 Å². The Balaban J connectivity index is 2.80. The van der Waals surface area contributed by atoms with E-state index in [1.54, 1.807) is 4.68 Å². The number of aryl methyl sites for hydroxylation is 2. The first kappa shape index (κ1) is 12.5. The summed E-state index contributed by atoms with van der Waals surface area (Å²) in [5.74, 6) is 0.440. The Morgan fingerprint density at radius 1 is 1.53 bits per heavy atom. The van der Waals surface area contributed by atoms with E-state index in [-0.39, 0.29) is 6.04 Å². The fraction of sp³-hybridized carbons (Fsp3) is 0.727. The minimum atomic E-state index is 0.237. The van der Waals surface area contributed by atoms with Crippen molar-refractivity contribution in [3.63, 3.8) is 0 Å². The van der Waals surface area contributed by atoms with Crippen LogP contribution in [0.2, 0.25) is 5.15 Å². The van der Waals surface area contributed by atoms with Gasteiger partial charge in [0, 0.05) is 18.7 Å². The minimum absolute atomic E-state index is 0.237. The molecule has 3 nitrogen and oxygen atoms in total. The third kappa shape index (κ3) is 2.73. The quantitative estimate of drug-likeness (QED) is 0.861. The van der Waals surface area contributed by atoms with Gasteiger partial charge in [-0.3, -0.25) is 4.68 Å². The van der Waals surface area contributed by atoms with Crippen molar-refractivity contribution in [3.8, 4) is 0 Å². The molecule has 2 unspecified atom stereocenters. The van der Waals surface area contributed by atoms with E-state index in [0.717, 1.165) is 29.3 Å². The Bertz CT molecular complexity index is 333. The van der Waals surface area contributed by atoms with Gasteiger partial charge in [-0.25, -0.2) is 0 Å². The van der Waals surface area contributed by atoms with Crippen LogP contribution >= 0.6 is 11.6 Å². The zero-order chi connectivity index (χ0) is 11.6. The molecule has 1 aromatic rings. The molecule has 15 heavy (non-hydrogen) atoms. The molecule has 0 aliphatic rings. The van der Waals surface area contributed by atoms with Gasteiger partial charge in [-0.2, -0.15) is 5.10 Å². The van der Waals surface area contributed by atoms with Crippen molar-refractivity contribution in [2.75, 3.05) is 0 Å². The summed E-state index contributed by atoms with van der Waals surface area (Å²) in [6.45, 7) is 6.27. The number of aromatic nitrogens is 2. The Morgan fingerprint density at radius 3 is 2.53 bits per heavy atom. The average Bonchev–Trinajstić information content (AvgIpc) is 2.43. The smallest absolute Gasteiger partial charge is 0.130 e. The molecular weight excluding hydrogens is 210 g/mol. The molecule has 1 heterocycles. The van der Waals surface area contributed by atoms with Gasteiger partial charge in [0.25, 0.3) is 0 Å². The third-order valence-electron chi connectivity index (χ3n) is 3.00. The lowest BCUT2D eigenvalue weighted by Crippen LogP contribution is -2.28. The van der Waals surface area contributed by atoms with Crippen LogP contribution in [0.4, 0.5) is 0 Å². The SMILES string of the molecule is CCC(N)C(C)Cc1c(C)nn(C)c1Cl. The van der Waals surface area contributed by atoms with E-state index in [2.05, 4.69) is 18.9 Å². The maximum Gasteiger partial charge on any atom is 0.130 e. The van der Waals surface area contributed by atoms with Gasteiger partial charge in [0.15, 0.2) is 0 Å². The summed E-state index contributed by atoms with van der Waals surface area (Å²) in [6.07, 6.45) is 1.91. The van der Waals surface area contributed by atoms with Crippen molar-refractivity contribution >= 4 is 11.6 Å². The molecule has 0 aliphatic heterocycles. The molecule has 2 N–H and O–H groups in total. The highest BCUT2D eigenvalue weighted by atomic mass is 35.5. The van der Waals surface area contributed by atoms with Crippen LogP contribution < -0.4 is 5.73 Å². The zero-order valence-corrected chi connectivity index (χ0v) is 10.7. The number of rotatable bonds is 4. The van der Waals surface area contributed by atoms with Gasteiger partial charge in [0.1, 0.15) is 5.15 Å². The van der Waals surface area contributed by atoms with Crippen molar-refractivity contribution < 1.29 is 0 Å². The van der Waals surface area contributed by atoms with Gasteiger partial charge in [-0.05, 0) is 25.7 Å². The lowest BCUT2D eigenvalue weighted by atomic mass is 9.93. The highest BCUT2D eigenvalue weighted by Gasteiger charge is 2.17. The molecule has 0 amide bonds. The number of hydrogen-bond acceptors (Lipinski definition) is 2. The van der Waals surface area contributed by atoms with Crippen LogP contribution in [0.1, 0.15) is 31.5 Å². The Labute approximate surface area is 96.6 Å². The Morgan fingerprint density at radius 2 is 2.13 bits per heavy atom. The van der Waals surface area contributed by atoms with Crippen molar-refractivity contribution in [1.29, 1.82) is 0 Å². The monoisotopic (exact) mass is 229 g/mol. The van der Waals surface area contributed by atoms with Crippen molar-refractivity contribution in [1.82, 2.24) is 9.78 Å². The van der Waals surface area contributed by atoms with E-state index in [4.69, 9.17) is 17.3 Å². The molecule has 0 radical (unpaired) electrons. The summed E-state index contributed by atoms with van der Waals surface area (Å²) < 4.78 is 1.72. The molecule has 0 aromatic carbocycles. The first-order valence-corrected chi connectivity index (χ1v) is 5.78. The van der Waals surface area contributed by atoms with E-state index in [0.29, 0.717) is 5.92 Å². The second-order valence-electron chi connectivity index (χ2n) is 4.23. The number of nitrogens with zero attached hydrogens (tertiary/aromatic N) is 2. The van der Waals surface area contributed by atoms with Gasteiger partial charge in [-0.15, -0.1) is 0 Å². The van der Waals surface area contributed by atoms with Crippen LogP contribution in [0.3, 0.4) is 0 Å². The molecule has 4 heteroatoms. The number of nitrogens with two attached hydrogens (primary N) is 1. The van der Waals surface area contributed by atoms with Gasteiger partial charge in [0.05, 0.1) is 5.69 Å². The molecule has 1 aromatic heterocycles. The van der Waals surface area contributed by atoms with Crippen molar-refractivity contribution in [2.24, 2.45) is 18.7 Å². The van der Waals surface area contributed by atoms with Crippen LogP contribution in [0, 0.1) is 12.8 Å². The molecule has 0 aliphatic carbocycles. The lowest BCUT2D eigenvalue weighted by molar-refractivity contribution is 0.441. The molecule has 2 atom stereocenters. The van der Waals surface area contributed by atoms with Crippen LogP contribution in [-0.2, 0) is 13.5 Å². The second-order valence-corrected chi connectivity index (χ2v) is 4.59. The van der Waals surface area contributed by atoms with E-state index in [1.165, 1.54) is 0 Å². The zero-order valence-electron chi connectivity index (χ0n) is 9.92. The fourth-order valence-electron chi connectivity index (χ4n) is 1.78. The van der Waals surface area contributed by atoms with E-state index in [9.17, 15) is 0 Å². The van der Waals surface area contributed by atoms with Crippen molar-refractivity contribution in [2.45, 2.75) is 39.7 Å². The van der Waals surface area contributed by atoms with Gasteiger partial charge in [0.2, 0.25) is 0 Å². The summed E-state index contributed by atoms with van der Waals surface area (Å²) in [5, 5.41) is 5.03. The van der Waals surface area contributed by atoms with Gasteiger partial charge in [-0.1, -0.05) is 25.4 Å². The summed E-state index contributed by atoms with van der Waals surface area (Å²) in [5.41, 5.74) is 8.15. The summed E-state index contributed by atoms with van der Waals surface area (Å²) >= 11 is 6.17. The summed E-state index contributed by atoms with van der Waals surface area (Å²) in [6, 6.07) is 0.237. The molecule has 0 saturated heterocycles. The Kier molecular flexibility index (Phi) is 4.17. The third-order valence-corrected chi connectivity index (χ3v) is 3.47. The highest BCUT2D eigenvalue weighted by molar-refractivity contribution is 6.30. The minimum Gasteiger partial charge on any atom is -0.327 e. The summed E-state index contributed by atoms with van der Waals surface area (Å²) in [7, 11) is 1.86. The summed E-state index contributed by atoms with van der Waals surface area (Å²) in [4.78, 5) is 0. The van der Waals surface area contributed by atoms with Crippen LogP contribution in [0.15, 0.2) is 0 Å². The molecule has 0 bridgehead atoms. The number of hydrogen-bond donors (Lipinski definition) is 1. The first-order chi connectivity index (χ1) is 6.97. The van der Waals surface area contributed by atoms with Crippen LogP contribution in [-0.4, -0.2) is 15.8 Å². The fourth-order valence-corrected chi connectivity index (χ4v) is 2.03. The van der Waals surface area contributed by atoms with E-state index >= 15 is 0 Å².